The van der Waals surface area contributed by atoms with E-state index in [-0.39, 0.29) is 11.8 Å². The number of amides is 1. The molecule has 4 rings (SSSR count). The van der Waals surface area contributed by atoms with Crippen LogP contribution in [0.3, 0.4) is 0 Å². The van der Waals surface area contributed by atoms with Crippen molar-refractivity contribution in [3.8, 4) is 5.75 Å². The number of nitrogens with one attached hydrogen (secondary N) is 1. The van der Waals surface area contributed by atoms with E-state index in [1.54, 1.807) is 11.3 Å². The normalized spacial score (nSPS) is 14.4. The van der Waals surface area contributed by atoms with E-state index in [9.17, 15) is 4.79 Å². The summed E-state index contributed by atoms with van der Waals surface area (Å²) in [6.45, 7) is 4.00. The maximum Gasteiger partial charge on any atom is 0.231 e. The van der Waals surface area contributed by atoms with Crippen LogP contribution in [0.5, 0.6) is 5.75 Å². The minimum atomic E-state index is -0.00131. The summed E-state index contributed by atoms with van der Waals surface area (Å²) in [5.41, 5.74) is 1.82. The van der Waals surface area contributed by atoms with Crippen molar-refractivity contribution in [2.45, 2.75) is 6.92 Å². The van der Waals surface area contributed by atoms with Crippen molar-refractivity contribution in [3.63, 3.8) is 0 Å². The summed E-state index contributed by atoms with van der Waals surface area (Å²) in [5, 5.41) is 3.97. The molecule has 0 saturated carbocycles. The lowest BCUT2D eigenvalue weighted by Crippen LogP contribution is -2.52. The topological polar surface area (TPSA) is 54.5 Å². The van der Waals surface area contributed by atoms with Gasteiger partial charge in [0.25, 0.3) is 0 Å². The van der Waals surface area contributed by atoms with Gasteiger partial charge in [0.1, 0.15) is 5.75 Å². The summed E-state index contributed by atoms with van der Waals surface area (Å²) in [6.07, 6.45) is 0. The zero-order valence-electron chi connectivity index (χ0n) is 13.9. The summed E-state index contributed by atoms with van der Waals surface area (Å²) in [7, 11) is 0. The third-order valence-electron chi connectivity index (χ3n) is 4.24. The van der Waals surface area contributed by atoms with Crippen molar-refractivity contribution in [2.75, 3.05) is 29.9 Å². The van der Waals surface area contributed by atoms with Gasteiger partial charge in [-0.25, -0.2) is 4.98 Å². The number of carbonyl (C=O) groups is 1. The molecule has 1 amide bonds. The van der Waals surface area contributed by atoms with E-state index in [0.717, 1.165) is 22.1 Å². The summed E-state index contributed by atoms with van der Waals surface area (Å²) in [5.74, 6) is 0.867. The highest BCUT2D eigenvalue weighted by molar-refractivity contribution is 7.22. The Morgan fingerprint density at radius 3 is 2.72 bits per heavy atom. The molecule has 2 aromatic carbocycles. The predicted molar refractivity (Wildman–Crippen MR) is 102 cm³/mol. The van der Waals surface area contributed by atoms with E-state index in [0.29, 0.717) is 19.7 Å². The van der Waals surface area contributed by atoms with Crippen LogP contribution in [0.1, 0.15) is 6.92 Å². The second kappa shape index (κ2) is 6.72. The van der Waals surface area contributed by atoms with Crippen molar-refractivity contribution in [1.82, 2.24) is 4.98 Å². The molecule has 6 heteroatoms. The number of ether oxygens (including phenoxy) is 1. The van der Waals surface area contributed by atoms with Gasteiger partial charge < -0.3 is 15.0 Å². The Labute approximate surface area is 150 Å². The van der Waals surface area contributed by atoms with Crippen LogP contribution < -0.4 is 15.0 Å². The summed E-state index contributed by atoms with van der Waals surface area (Å²) in [4.78, 5) is 19.2. The average molecular weight is 353 g/mol. The van der Waals surface area contributed by atoms with Gasteiger partial charge in [0.2, 0.25) is 5.91 Å². The van der Waals surface area contributed by atoms with Gasteiger partial charge in [-0.05, 0) is 43.3 Å². The van der Waals surface area contributed by atoms with Gasteiger partial charge in [0.15, 0.2) is 5.13 Å². The third-order valence-corrected chi connectivity index (χ3v) is 5.34. The molecule has 1 saturated heterocycles. The second-order valence-corrected chi connectivity index (χ2v) is 7.02. The fourth-order valence-corrected chi connectivity index (χ4v) is 3.83. The number of nitrogens with zero attached hydrogens (tertiary/aromatic N) is 2. The number of para-hydroxylation sites is 1. The fourth-order valence-electron chi connectivity index (χ4n) is 2.84. The van der Waals surface area contributed by atoms with Crippen molar-refractivity contribution in [3.05, 3.63) is 48.5 Å². The van der Waals surface area contributed by atoms with Crippen LogP contribution in [0, 0.1) is 5.92 Å². The predicted octanol–water partition coefficient (Wildman–Crippen LogP) is 3.77. The number of hydrogen-bond donors (Lipinski definition) is 1. The van der Waals surface area contributed by atoms with Crippen molar-refractivity contribution >= 4 is 38.3 Å². The number of fused-ring (bicyclic) bond motifs is 1. The molecule has 2 heterocycles. The molecule has 1 fully saturated rings. The zero-order valence-corrected chi connectivity index (χ0v) is 14.8. The third kappa shape index (κ3) is 3.30. The van der Waals surface area contributed by atoms with Gasteiger partial charge in [0.05, 0.1) is 22.7 Å². The largest absolute Gasteiger partial charge is 0.494 e. The molecule has 0 spiro atoms. The van der Waals surface area contributed by atoms with E-state index in [4.69, 9.17) is 4.74 Å². The van der Waals surface area contributed by atoms with Gasteiger partial charge in [-0.2, -0.15) is 0 Å². The second-order valence-electron chi connectivity index (χ2n) is 6.01. The SMILES string of the molecule is CCOc1ccc(NC(=O)C2CN(c3nc4ccccc4s3)C2)cc1. The van der Waals surface area contributed by atoms with Gasteiger partial charge in [0, 0.05) is 18.8 Å². The van der Waals surface area contributed by atoms with Crippen LogP contribution in [0.25, 0.3) is 10.2 Å². The molecule has 1 aliphatic rings. The Morgan fingerprint density at radius 2 is 2.00 bits per heavy atom. The minimum Gasteiger partial charge on any atom is -0.494 e. The Balaban J connectivity index is 1.34. The van der Waals surface area contributed by atoms with Crippen LogP contribution in [0.4, 0.5) is 10.8 Å². The summed E-state index contributed by atoms with van der Waals surface area (Å²) < 4.78 is 6.59. The number of aromatic nitrogens is 1. The lowest BCUT2D eigenvalue weighted by atomic mass is 10.00. The molecule has 0 unspecified atom stereocenters. The molecular formula is C19H19N3O2S. The molecule has 128 valence electrons. The first-order valence-corrected chi connectivity index (χ1v) is 9.19. The average Bonchev–Trinajstić information content (AvgIpc) is 2.99. The van der Waals surface area contributed by atoms with E-state index < -0.39 is 0 Å². The number of thiazole rings is 1. The molecule has 0 atom stereocenters. The number of benzene rings is 2. The van der Waals surface area contributed by atoms with Crippen molar-refractivity contribution in [2.24, 2.45) is 5.92 Å². The molecule has 1 N–H and O–H groups in total. The van der Waals surface area contributed by atoms with E-state index in [2.05, 4.69) is 21.3 Å². The van der Waals surface area contributed by atoms with Gasteiger partial charge in [-0.1, -0.05) is 23.5 Å². The molecular weight excluding hydrogens is 334 g/mol. The summed E-state index contributed by atoms with van der Waals surface area (Å²) >= 11 is 1.67. The smallest absolute Gasteiger partial charge is 0.231 e. The molecule has 25 heavy (non-hydrogen) atoms. The molecule has 3 aromatic rings. The lowest BCUT2D eigenvalue weighted by molar-refractivity contribution is -0.120. The molecule has 5 nitrogen and oxygen atoms in total. The van der Waals surface area contributed by atoms with Crippen LogP contribution in [0.15, 0.2) is 48.5 Å². The molecule has 0 radical (unpaired) electrons. The van der Waals surface area contributed by atoms with Crippen LogP contribution in [-0.2, 0) is 4.79 Å². The highest BCUT2D eigenvalue weighted by atomic mass is 32.1. The van der Waals surface area contributed by atoms with Gasteiger partial charge in [-0.3, -0.25) is 4.79 Å². The standard InChI is InChI=1S/C19H19N3O2S/c1-2-24-15-9-7-14(8-10-15)20-18(23)13-11-22(12-13)19-21-16-5-3-4-6-17(16)25-19/h3-10,13H,2,11-12H2,1H3,(H,20,23). The van der Waals surface area contributed by atoms with Crippen molar-refractivity contribution in [1.29, 1.82) is 0 Å². The van der Waals surface area contributed by atoms with E-state index in [1.807, 2.05) is 49.4 Å². The lowest BCUT2D eigenvalue weighted by Gasteiger charge is -2.37. The maximum atomic E-state index is 12.4. The monoisotopic (exact) mass is 353 g/mol. The number of rotatable bonds is 5. The minimum absolute atomic E-state index is 0.00131. The van der Waals surface area contributed by atoms with Crippen LogP contribution in [-0.4, -0.2) is 30.6 Å². The van der Waals surface area contributed by atoms with E-state index in [1.165, 1.54) is 4.70 Å². The highest BCUT2D eigenvalue weighted by Gasteiger charge is 2.34. The number of carbonyl (C=O) groups excluding carboxylic acids is 1. The highest BCUT2D eigenvalue weighted by Crippen LogP contribution is 2.33. The number of hydrogen-bond acceptors (Lipinski definition) is 5. The summed E-state index contributed by atoms with van der Waals surface area (Å²) in [6, 6.07) is 15.6. The molecule has 1 aromatic heterocycles. The first kappa shape index (κ1) is 15.9. The first-order chi connectivity index (χ1) is 12.2. The van der Waals surface area contributed by atoms with E-state index >= 15 is 0 Å². The van der Waals surface area contributed by atoms with Crippen LogP contribution >= 0.6 is 11.3 Å². The van der Waals surface area contributed by atoms with Crippen molar-refractivity contribution < 1.29 is 9.53 Å². The zero-order chi connectivity index (χ0) is 17.2. The Bertz CT molecular complexity index is 852. The quantitative estimate of drug-likeness (QED) is 0.759. The molecule has 1 aliphatic heterocycles. The Morgan fingerprint density at radius 1 is 1.24 bits per heavy atom. The molecule has 0 bridgehead atoms. The first-order valence-electron chi connectivity index (χ1n) is 8.37. The van der Waals surface area contributed by atoms with Gasteiger partial charge >= 0.3 is 0 Å². The Kier molecular flexibility index (Phi) is 4.28. The maximum absolute atomic E-state index is 12.4. The van der Waals surface area contributed by atoms with Crippen LogP contribution in [0.2, 0.25) is 0 Å². The number of anilines is 2. The molecule has 0 aliphatic carbocycles. The fraction of sp³-hybridized carbons (Fsp3) is 0.263. The Hall–Kier alpha value is -2.60. The van der Waals surface area contributed by atoms with Gasteiger partial charge in [-0.15, -0.1) is 0 Å².